The molecule has 0 fully saturated rings. The largest absolute Gasteiger partial charge is 0.416 e. The second-order valence-electron chi connectivity index (χ2n) is 5.80. The molecular formula is C16H14F3NO. The maximum absolute atomic E-state index is 13.1. The van der Waals surface area contributed by atoms with Crippen molar-refractivity contribution in [3.8, 4) is 6.07 Å². The second kappa shape index (κ2) is 5.03. The highest BCUT2D eigenvalue weighted by atomic mass is 19.4. The number of Topliss-reactive ketones (excluding diaryl/α,β-unsaturated/α-hetero) is 1. The lowest BCUT2D eigenvalue weighted by atomic mass is 9.69. The van der Waals surface area contributed by atoms with Gasteiger partial charge < -0.3 is 0 Å². The van der Waals surface area contributed by atoms with Gasteiger partial charge in [-0.25, -0.2) is 0 Å². The van der Waals surface area contributed by atoms with Gasteiger partial charge in [0.15, 0.2) is 5.78 Å². The molecule has 0 bridgehead atoms. The van der Waals surface area contributed by atoms with Crippen LogP contribution in [0.15, 0.2) is 35.9 Å². The smallest absolute Gasteiger partial charge is 0.293 e. The molecule has 0 saturated heterocycles. The molecule has 1 aliphatic rings. The summed E-state index contributed by atoms with van der Waals surface area (Å²) in [5.74, 6) is -0.907. The van der Waals surface area contributed by atoms with Crippen molar-refractivity contribution in [2.45, 2.75) is 32.4 Å². The predicted molar refractivity (Wildman–Crippen MR) is 71.3 cm³/mol. The molecule has 0 aliphatic heterocycles. The number of halogens is 3. The molecule has 0 radical (unpaired) electrons. The van der Waals surface area contributed by atoms with Crippen LogP contribution in [-0.2, 0) is 11.0 Å². The minimum Gasteiger partial charge on any atom is -0.293 e. The summed E-state index contributed by atoms with van der Waals surface area (Å²) in [5.41, 5.74) is -1.51. The molecule has 110 valence electrons. The molecule has 1 unspecified atom stereocenters. The van der Waals surface area contributed by atoms with Crippen LogP contribution in [0, 0.1) is 16.7 Å². The van der Waals surface area contributed by atoms with Gasteiger partial charge in [-0.2, -0.15) is 18.4 Å². The zero-order valence-corrected chi connectivity index (χ0v) is 11.7. The number of ketones is 1. The quantitative estimate of drug-likeness (QED) is 0.777. The molecule has 2 nitrogen and oxygen atoms in total. The van der Waals surface area contributed by atoms with E-state index in [9.17, 15) is 18.0 Å². The zero-order valence-electron chi connectivity index (χ0n) is 11.7. The van der Waals surface area contributed by atoms with Gasteiger partial charge in [0.25, 0.3) is 0 Å². The summed E-state index contributed by atoms with van der Waals surface area (Å²) in [6, 6.07) is 7.10. The van der Waals surface area contributed by atoms with E-state index in [-0.39, 0.29) is 23.3 Å². The van der Waals surface area contributed by atoms with Gasteiger partial charge in [-0.3, -0.25) is 4.79 Å². The van der Waals surface area contributed by atoms with Crippen molar-refractivity contribution in [2.24, 2.45) is 5.41 Å². The highest BCUT2D eigenvalue weighted by molar-refractivity contribution is 6.03. The van der Waals surface area contributed by atoms with Gasteiger partial charge in [-0.15, -0.1) is 0 Å². The van der Waals surface area contributed by atoms with E-state index in [1.54, 1.807) is 19.9 Å². The Morgan fingerprint density at radius 1 is 1.29 bits per heavy atom. The third-order valence-corrected chi connectivity index (χ3v) is 3.74. The fourth-order valence-corrected chi connectivity index (χ4v) is 2.71. The van der Waals surface area contributed by atoms with E-state index in [1.165, 1.54) is 24.3 Å². The summed E-state index contributed by atoms with van der Waals surface area (Å²) in [4.78, 5) is 12.0. The first-order valence-electron chi connectivity index (χ1n) is 6.49. The number of rotatable bonds is 1. The minimum atomic E-state index is -4.46. The number of hydrogen-bond acceptors (Lipinski definition) is 2. The number of carbonyl (C=O) groups is 1. The number of carbonyl (C=O) groups excluding carboxylic acids is 1. The summed E-state index contributed by atoms with van der Waals surface area (Å²) in [6.07, 6.45) is -2.84. The normalized spacial score (nSPS) is 21.6. The Bertz CT molecular complexity index is 650. The molecule has 2 rings (SSSR count). The van der Waals surface area contributed by atoms with Gasteiger partial charge in [0.1, 0.15) is 6.07 Å². The molecule has 0 spiro atoms. The van der Waals surface area contributed by atoms with Crippen LogP contribution in [0.4, 0.5) is 13.2 Å². The van der Waals surface area contributed by atoms with E-state index in [0.717, 1.165) is 6.07 Å². The monoisotopic (exact) mass is 293 g/mol. The van der Waals surface area contributed by atoms with Crippen LogP contribution >= 0.6 is 0 Å². The topological polar surface area (TPSA) is 40.9 Å². The Kier molecular flexibility index (Phi) is 3.66. The van der Waals surface area contributed by atoms with Crippen molar-refractivity contribution >= 4 is 5.78 Å². The SMILES string of the molecule is CC1(C)CC(c2ccccc2C(F)(F)F)C=C(C#N)C1=O. The fourth-order valence-electron chi connectivity index (χ4n) is 2.71. The highest BCUT2D eigenvalue weighted by Crippen LogP contribution is 2.43. The first-order valence-corrected chi connectivity index (χ1v) is 6.49. The highest BCUT2D eigenvalue weighted by Gasteiger charge is 2.41. The molecular weight excluding hydrogens is 279 g/mol. The van der Waals surface area contributed by atoms with Crippen molar-refractivity contribution in [3.05, 3.63) is 47.0 Å². The van der Waals surface area contributed by atoms with Crippen LogP contribution in [0.1, 0.15) is 37.3 Å². The summed E-state index contributed by atoms with van der Waals surface area (Å²) < 4.78 is 39.3. The van der Waals surface area contributed by atoms with Crippen LogP contribution in [0.2, 0.25) is 0 Å². The first-order chi connectivity index (χ1) is 9.66. The van der Waals surface area contributed by atoms with Crippen LogP contribution in [0.5, 0.6) is 0 Å². The minimum absolute atomic E-state index is 0.0618. The number of allylic oxidation sites excluding steroid dienone is 2. The van der Waals surface area contributed by atoms with Crippen LogP contribution in [0.3, 0.4) is 0 Å². The third kappa shape index (κ3) is 2.85. The molecule has 5 heteroatoms. The second-order valence-corrected chi connectivity index (χ2v) is 5.80. The molecule has 0 saturated carbocycles. The molecule has 0 N–H and O–H groups in total. The lowest BCUT2D eigenvalue weighted by Gasteiger charge is -2.32. The van der Waals surface area contributed by atoms with E-state index in [1.807, 2.05) is 0 Å². The fraction of sp³-hybridized carbons (Fsp3) is 0.375. The molecule has 21 heavy (non-hydrogen) atoms. The lowest BCUT2D eigenvalue weighted by molar-refractivity contribution is -0.138. The molecule has 1 atom stereocenters. The van der Waals surface area contributed by atoms with Crippen molar-refractivity contribution in [1.82, 2.24) is 0 Å². The predicted octanol–water partition coefficient (Wildman–Crippen LogP) is 4.24. The van der Waals surface area contributed by atoms with Gasteiger partial charge in [0.05, 0.1) is 11.1 Å². The molecule has 0 aromatic heterocycles. The Morgan fingerprint density at radius 2 is 1.90 bits per heavy atom. The van der Waals surface area contributed by atoms with Crippen LogP contribution in [-0.4, -0.2) is 5.78 Å². The van der Waals surface area contributed by atoms with Crippen LogP contribution in [0.25, 0.3) is 0 Å². The van der Waals surface area contributed by atoms with E-state index >= 15 is 0 Å². The Labute approximate surface area is 120 Å². The standard InChI is InChI=1S/C16H14F3NO/c1-15(2)8-10(7-11(9-20)14(15)21)12-5-3-4-6-13(12)16(17,18)19/h3-7,10H,8H2,1-2H3. The maximum Gasteiger partial charge on any atom is 0.416 e. The average Bonchev–Trinajstić information content (AvgIpc) is 2.40. The van der Waals surface area contributed by atoms with E-state index in [0.29, 0.717) is 0 Å². The van der Waals surface area contributed by atoms with Gasteiger partial charge in [-0.1, -0.05) is 38.1 Å². The molecule has 1 aromatic carbocycles. The summed E-state index contributed by atoms with van der Waals surface area (Å²) in [5, 5.41) is 9.03. The molecule has 0 heterocycles. The number of nitriles is 1. The van der Waals surface area contributed by atoms with E-state index < -0.39 is 23.1 Å². The molecule has 0 amide bonds. The molecule has 1 aromatic rings. The van der Waals surface area contributed by atoms with Crippen molar-refractivity contribution in [1.29, 1.82) is 5.26 Å². The Hall–Kier alpha value is -2.09. The van der Waals surface area contributed by atoms with Gasteiger partial charge in [0, 0.05) is 11.3 Å². The average molecular weight is 293 g/mol. The number of hydrogen-bond donors (Lipinski definition) is 0. The van der Waals surface area contributed by atoms with Crippen molar-refractivity contribution in [3.63, 3.8) is 0 Å². The summed E-state index contributed by atoms with van der Waals surface area (Å²) in [6.45, 7) is 3.31. The maximum atomic E-state index is 13.1. The first kappa shape index (κ1) is 15.3. The van der Waals surface area contributed by atoms with E-state index in [2.05, 4.69) is 0 Å². The number of nitrogens with zero attached hydrogens (tertiary/aromatic N) is 1. The van der Waals surface area contributed by atoms with Gasteiger partial charge in [0.2, 0.25) is 0 Å². The van der Waals surface area contributed by atoms with Gasteiger partial charge in [-0.05, 0) is 18.1 Å². The summed E-state index contributed by atoms with van der Waals surface area (Å²) in [7, 11) is 0. The number of benzene rings is 1. The van der Waals surface area contributed by atoms with Crippen molar-refractivity contribution in [2.75, 3.05) is 0 Å². The lowest BCUT2D eigenvalue weighted by Crippen LogP contribution is -2.32. The molecule has 1 aliphatic carbocycles. The van der Waals surface area contributed by atoms with Crippen molar-refractivity contribution < 1.29 is 18.0 Å². The summed E-state index contributed by atoms with van der Waals surface area (Å²) >= 11 is 0. The third-order valence-electron chi connectivity index (χ3n) is 3.74. The zero-order chi connectivity index (χ0) is 15.8. The van der Waals surface area contributed by atoms with Crippen LogP contribution < -0.4 is 0 Å². The van der Waals surface area contributed by atoms with Gasteiger partial charge >= 0.3 is 6.18 Å². The number of alkyl halides is 3. The Balaban J connectivity index is 2.56. The van der Waals surface area contributed by atoms with E-state index in [4.69, 9.17) is 5.26 Å². The Morgan fingerprint density at radius 3 is 2.48 bits per heavy atom.